The maximum atomic E-state index is 12.3. The summed E-state index contributed by atoms with van der Waals surface area (Å²) < 4.78 is 15.6. The standard InChI is InChI=1S/C17H19N5O4S/c1-12-8-14(19-25-12)24-10-16(23)22-5-3-21(4-6-22)9-15-18-17(20-26-15)13-2-7-27-11-13/h2,7-8,11H,3-6,9-10H2,1H3. The van der Waals surface area contributed by atoms with Crippen LogP contribution in [-0.4, -0.2) is 63.8 Å². The molecule has 0 aromatic carbocycles. The summed E-state index contributed by atoms with van der Waals surface area (Å²) in [6, 6.07) is 3.62. The molecule has 1 aliphatic heterocycles. The lowest BCUT2D eigenvalue weighted by Gasteiger charge is -2.33. The number of amides is 1. The zero-order valence-electron chi connectivity index (χ0n) is 14.8. The molecule has 0 N–H and O–H groups in total. The van der Waals surface area contributed by atoms with Gasteiger partial charge < -0.3 is 18.7 Å². The van der Waals surface area contributed by atoms with Crippen molar-refractivity contribution in [3.05, 3.63) is 34.5 Å². The Morgan fingerprint density at radius 3 is 2.81 bits per heavy atom. The van der Waals surface area contributed by atoms with Crippen molar-refractivity contribution >= 4 is 17.2 Å². The summed E-state index contributed by atoms with van der Waals surface area (Å²) in [4.78, 5) is 20.7. The van der Waals surface area contributed by atoms with E-state index in [2.05, 4.69) is 20.2 Å². The van der Waals surface area contributed by atoms with Crippen molar-refractivity contribution in [2.45, 2.75) is 13.5 Å². The Bertz CT molecular complexity index is 883. The summed E-state index contributed by atoms with van der Waals surface area (Å²) in [6.45, 7) is 5.05. The summed E-state index contributed by atoms with van der Waals surface area (Å²) in [5.74, 6) is 2.11. The van der Waals surface area contributed by atoms with E-state index in [-0.39, 0.29) is 12.5 Å². The highest BCUT2D eigenvalue weighted by Crippen LogP contribution is 2.19. The first-order chi connectivity index (χ1) is 13.2. The molecule has 9 nitrogen and oxygen atoms in total. The number of hydrogen-bond donors (Lipinski definition) is 0. The molecule has 0 saturated carbocycles. The summed E-state index contributed by atoms with van der Waals surface area (Å²) in [5, 5.41) is 11.7. The van der Waals surface area contributed by atoms with Gasteiger partial charge in [-0.1, -0.05) is 5.16 Å². The predicted octanol–water partition coefficient (Wildman–Crippen LogP) is 1.82. The maximum absolute atomic E-state index is 12.3. The Hall–Kier alpha value is -2.72. The lowest BCUT2D eigenvalue weighted by molar-refractivity contribution is -0.135. The minimum Gasteiger partial charge on any atom is -0.465 e. The lowest BCUT2D eigenvalue weighted by atomic mass is 10.3. The molecule has 0 bridgehead atoms. The molecule has 4 heterocycles. The smallest absolute Gasteiger partial charge is 0.260 e. The predicted molar refractivity (Wildman–Crippen MR) is 96.2 cm³/mol. The molecule has 0 atom stereocenters. The van der Waals surface area contributed by atoms with E-state index < -0.39 is 0 Å². The molecule has 27 heavy (non-hydrogen) atoms. The summed E-state index contributed by atoms with van der Waals surface area (Å²) in [7, 11) is 0. The number of carbonyl (C=O) groups is 1. The third-order valence-corrected chi connectivity index (χ3v) is 4.96. The van der Waals surface area contributed by atoms with Crippen molar-refractivity contribution in [3.63, 3.8) is 0 Å². The van der Waals surface area contributed by atoms with E-state index >= 15 is 0 Å². The molecular weight excluding hydrogens is 370 g/mol. The number of piperazine rings is 1. The molecule has 1 amide bonds. The van der Waals surface area contributed by atoms with Gasteiger partial charge in [0.25, 0.3) is 11.8 Å². The second-order valence-corrected chi connectivity index (χ2v) is 7.03. The van der Waals surface area contributed by atoms with Crippen molar-refractivity contribution in [1.29, 1.82) is 0 Å². The lowest BCUT2D eigenvalue weighted by Crippen LogP contribution is -2.49. The van der Waals surface area contributed by atoms with Gasteiger partial charge in [0, 0.05) is 43.2 Å². The molecule has 0 spiro atoms. The number of rotatable bonds is 6. The molecule has 1 aliphatic rings. The SMILES string of the molecule is Cc1cc(OCC(=O)N2CCN(Cc3nc(-c4ccsc4)no3)CC2)no1. The average molecular weight is 389 g/mol. The Morgan fingerprint density at radius 2 is 2.11 bits per heavy atom. The highest BCUT2D eigenvalue weighted by Gasteiger charge is 2.23. The number of thiophene rings is 1. The second kappa shape index (κ2) is 7.89. The molecule has 0 aliphatic carbocycles. The monoisotopic (exact) mass is 389 g/mol. The summed E-state index contributed by atoms with van der Waals surface area (Å²) in [6.07, 6.45) is 0. The third kappa shape index (κ3) is 4.34. The number of aryl methyl sites for hydroxylation is 1. The summed E-state index contributed by atoms with van der Waals surface area (Å²) >= 11 is 1.60. The molecule has 0 unspecified atom stereocenters. The second-order valence-electron chi connectivity index (χ2n) is 6.25. The maximum Gasteiger partial charge on any atom is 0.260 e. The molecule has 1 saturated heterocycles. The van der Waals surface area contributed by atoms with Crippen LogP contribution in [-0.2, 0) is 11.3 Å². The molecule has 0 radical (unpaired) electrons. The molecule has 4 rings (SSSR count). The van der Waals surface area contributed by atoms with E-state index in [1.165, 1.54) is 0 Å². The van der Waals surface area contributed by atoms with E-state index in [0.29, 0.717) is 43.0 Å². The van der Waals surface area contributed by atoms with Crippen LogP contribution in [0.25, 0.3) is 11.4 Å². The normalized spacial score (nSPS) is 15.2. The fourth-order valence-electron chi connectivity index (χ4n) is 2.81. The van der Waals surface area contributed by atoms with Crippen LogP contribution < -0.4 is 4.74 Å². The van der Waals surface area contributed by atoms with Crippen LogP contribution in [0.15, 0.2) is 31.9 Å². The van der Waals surface area contributed by atoms with Crippen LogP contribution in [0.2, 0.25) is 0 Å². The van der Waals surface area contributed by atoms with Gasteiger partial charge in [0.2, 0.25) is 11.7 Å². The van der Waals surface area contributed by atoms with Crippen LogP contribution in [0.1, 0.15) is 11.7 Å². The highest BCUT2D eigenvalue weighted by atomic mass is 32.1. The largest absolute Gasteiger partial charge is 0.465 e. The first-order valence-electron chi connectivity index (χ1n) is 8.59. The van der Waals surface area contributed by atoms with Crippen LogP contribution in [0.3, 0.4) is 0 Å². The first kappa shape index (κ1) is 17.7. The van der Waals surface area contributed by atoms with E-state index in [4.69, 9.17) is 13.8 Å². The molecular formula is C17H19N5O4S. The third-order valence-electron chi connectivity index (χ3n) is 4.28. The molecule has 3 aromatic heterocycles. The number of hydrogen-bond acceptors (Lipinski definition) is 9. The van der Waals surface area contributed by atoms with Crippen molar-refractivity contribution in [2.24, 2.45) is 0 Å². The molecule has 10 heteroatoms. The van der Waals surface area contributed by atoms with Gasteiger partial charge in [-0.25, -0.2) is 0 Å². The average Bonchev–Trinajstić information content (AvgIpc) is 3.42. The van der Waals surface area contributed by atoms with Gasteiger partial charge >= 0.3 is 0 Å². The van der Waals surface area contributed by atoms with Crippen molar-refractivity contribution in [2.75, 3.05) is 32.8 Å². The van der Waals surface area contributed by atoms with Crippen molar-refractivity contribution in [1.82, 2.24) is 25.1 Å². The first-order valence-corrected chi connectivity index (χ1v) is 9.53. The van der Waals surface area contributed by atoms with E-state index in [1.807, 2.05) is 16.8 Å². The minimum atomic E-state index is -0.0622. The fourth-order valence-corrected chi connectivity index (χ4v) is 3.45. The highest BCUT2D eigenvalue weighted by molar-refractivity contribution is 7.08. The minimum absolute atomic E-state index is 0.0420. The van der Waals surface area contributed by atoms with Crippen LogP contribution in [0.4, 0.5) is 0 Å². The van der Waals surface area contributed by atoms with Crippen molar-refractivity contribution in [3.8, 4) is 17.3 Å². The Labute approximate surface area is 159 Å². The van der Waals surface area contributed by atoms with Gasteiger partial charge in [-0.15, -0.1) is 0 Å². The Balaban J connectivity index is 1.23. The fraction of sp³-hybridized carbons (Fsp3) is 0.412. The molecule has 3 aromatic rings. The summed E-state index contributed by atoms with van der Waals surface area (Å²) in [5.41, 5.74) is 0.965. The molecule has 1 fully saturated rings. The Morgan fingerprint density at radius 1 is 1.26 bits per heavy atom. The zero-order valence-corrected chi connectivity index (χ0v) is 15.6. The van der Waals surface area contributed by atoms with Crippen LogP contribution >= 0.6 is 11.3 Å². The van der Waals surface area contributed by atoms with E-state index in [0.717, 1.165) is 18.7 Å². The number of carbonyl (C=O) groups excluding carboxylic acids is 1. The molecule has 142 valence electrons. The number of ether oxygens (including phenoxy) is 1. The Kier molecular flexibility index (Phi) is 5.16. The van der Waals surface area contributed by atoms with E-state index in [9.17, 15) is 4.79 Å². The quantitative estimate of drug-likeness (QED) is 0.630. The van der Waals surface area contributed by atoms with Gasteiger partial charge in [0.1, 0.15) is 5.76 Å². The van der Waals surface area contributed by atoms with Gasteiger partial charge in [-0.3, -0.25) is 9.69 Å². The number of nitrogens with zero attached hydrogens (tertiary/aromatic N) is 5. The van der Waals surface area contributed by atoms with Gasteiger partial charge in [-0.2, -0.15) is 16.3 Å². The van der Waals surface area contributed by atoms with Crippen LogP contribution in [0.5, 0.6) is 5.88 Å². The van der Waals surface area contributed by atoms with Gasteiger partial charge in [0.05, 0.1) is 6.54 Å². The zero-order chi connectivity index (χ0) is 18.6. The number of aromatic nitrogens is 3. The topological polar surface area (TPSA) is 97.7 Å². The van der Waals surface area contributed by atoms with Crippen LogP contribution in [0, 0.1) is 6.92 Å². The van der Waals surface area contributed by atoms with Gasteiger partial charge in [-0.05, 0) is 23.5 Å². The van der Waals surface area contributed by atoms with Crippen molar-refractivity contribution < 1.29 is 18.6 Å². The van der Waals surface area contributed by atoms with E-state index in [1.54, 1.807) is 29.2 Å². The van der Waals surface area contributed by atoms with Gasteiger partial charge in [0.15, 0.2) is 6.61 Å².